The SMILES string of the molecule is Cc1ccc(NC(=O)COc2ccc(N3C[C@@H](C(=O)NCCCn4ccnc4)CC3=O)cc2)cc1Cl. The maximum Gasteiger partial charge on any atom is 0.262 e. The van der Waals surface area contributed by atoms with Gasteiger partial charge in [0.05, 0.1) is 12.2 Å². The number of nitrogens with one attached hydrogen (secondary N) is 2. The topological polar surface area (TPSA) is 106 Å². The largest absolute Gasteiger partial charge is 0.484 e. The molecule has 3 amide bonds. The lowest BCUT2D eigenvalue weighted by Gasteiger charge is -2.17. The van der Waals surface area contributed by atoms with Crippen LogP contribution in [0.15, 0.2) is 61.2 Å². The van der Waals surface area contributed by atoms with E-state index in [0.29, 0.717) is 35.2 Å². The standard InChI is InChI=1S/C26H28ClN5O4/c1-18-3-4-20(14-23(18)27)30-24(33)16-36-22-7-5-21(6-8-22)32-15-19(13-25(32)34)26(35)29-9-2-11-31-12-10-28-17-31/h3-8,10,12,14,17,19H,2,9,11,13,15-16H2,1H3,(H,29,35)(H,30,33)/t19-/m0/s1. The van der Waals surface area contributed by atoms with Gasteiger partial charge in [0.15, 0.2) is 6.61 Å². The molecule has 2 heterocycles. The first-order valence-corrected chi connectivity index (χ1v) is 12.1. The number of aromatic nitrogens is 2. The fourth-order valence-electron chi connectivity index (χ4n) is 3.91. The summed E-state index contributed by atoms with van der Waals surface area (Å²) in [7, 11) is 0. The molecule has 2 aromatic carbocycles. The van der Waals surface area contributed by atoms with Gasteiger partial charge < -0.3 is 24.8 Å². The summed E-state index contributed by atoms with van der Waals surface area (Å²) >= 11 is 6.09. The summed E-state index contributed by atoms with van der Waals surface area (Å²) in [6.07, 6.45) is 6.29. The smallest absolute Gasteiger partial charge is 0.262 e. The van der Waals surface area contributed by atoms with Gasteiger partial charge in [0.1, 0.15) is 5.75 Å². The van der Waals surface area contributed by atoms with Gasteiger partial charge in [-0.15, -0.1) is 0 Å². The van der Waals surface area contributed by atoms with E-state index in [-0.39, 0.29) is 36.7 Å². The Kier molecular flexibility index (Phi) is 8.22. The molecule has 1 aromatic heterocycles. The fraction of sp³-hybridized carbons (Fsp3) is 0.308. The van der Waals surface area contributed by atoms with E-state index in [1.54, 1.807) is 53.8 Å². The Balaban J connectivity index is 1.22. The minimum Gasteiger partial charge on any atom is -0.484 e. The Bertz CT molecular complexity index is 1210. The second kappa shape index (κ2) is 11.7. The fourth-order valence-corrected chi connectivity index (χ4v) is 4.09. The molecular weight excluding hydrogens is 482 g/mol. The number of carbonyl (C=O) groups excluding carboxylic acids is 3. The Morgan fingerprint density at radius 3 is 2.72 bits per heavy atom. The average Bonchev–Trinajstić information content (AvgIpc) is 3.53. The van der Waals surface area contributed by atoms with Crippen LogP contribution in [-0.2, 0) is 20.9 Å². The second-order valence-corrected chi connectivity index (χ2v) is 9.05. The van der Waals surface area contributed by atoms with Crippen LogP contribution in [0.4, 0.5) is 11.4 Å². The molecule has 10 heteroatoms. The number of imidazole rings is 1. The van der Waals surface area contributed by atoms with Crippen molar-refractivity contribution in [2.45, 2.75) is 26.3 Å². The van der Waals surface area contributed by atoms with Gasteiger partial charge in [-0.3, -0.25) is 14.4 Å². The third-order valence-electron chi connectivity index (χ3n) is 5.92. The number of carbonyl (C=O) groups is 3. The number of halogens is 1. The highest BCUT2D eigenvalue weighted by molar-refractivity contribution is 6.31. The molecule has 1 aliphatic rings. The average molecular weight is 510 g/mol. The first-order valence-electron chi connectivity index (χ1n) is 11.7. The molecule has 0 unspecified atom stereocenters. The lowest BCUT2D eigenvalue weighted by atomic mass is 10.1. The van der Waals surface area contributed by atoms with Crippen molar-refractivity contribution in [3.8, 4) is 5.75 Å². The maximum absolute atomic E-state index is 12.5. The number of aryl methyl sites for hydroxylation is 2. The van der Waals surface area contributed by atoms with Crippen LogP contribution in [0.1, 0.15) is 18.4 Å². The van der Waals surface area contributed by atoms with E-state index in [1.807, 2.05) is 23.8 Å². The normalized spacial score (nSPS) is 15.1. The van der Waals surface area contributed by atoms with Crippen molar-refractivity contribution in [1.82, 2.24) is 14.9 Å². The molecule has 1 saturated heterocycles. The number of rotatable bonds is 10. The molecule has 188 valence electrons. The van der Waals surface area contributed by atoms with Crippen LogP contribution in [0.2, 0.25) is 5.02 Å². The summed E-state index contributed by atoms with van der Waals surface area (Å²) in [6.45, 7) is 3.35. The van der Waals surface area contributed by atoms with Gasteiger partial charge in [-0.1, -0.05) is 17.7 Å². The summed E-state index contributed by atoms with van der Waals surface area (Å²) in [6, 6.07) is 12.2. The third-order valence-corrected chi connectivity index (χ3v) is 6.33. The molecule has 36 heavy (non-hydrogen) atoms. The van der Waals surface area contributed by atoms with Crippen LogP contribution in [0, 0.1) is 12.8 Å². The van der Waals surface area contributed by atoms with Crippen molar-refractivity contribution in [1.29, 1.82) is 0 Å². The van der Waals surface area contributed by atoms with Crippen molar-refractivity contribution >= 4 is 40.7 Å². The number of hydrogen-bond acceptors (Lipinski definition) is 5. The molecule has 2 N–H and O–H groups in total. The molecule has 0 aliphatic carbocycles. The third kappa shape index (κ3) is 6.63. The number of benzene rings is 2. The second-order valence-electron chi connectivity index (χ2n) is 8.65. The summed E-state index contributed by atoms with van der Waals surface area (Å²) in [5, 5.41) is 6.24. The van der Waals surface area contributed by atoms with E-state index in [9.17, 15) is 14.4 Å². The first kappa shape index (κ1) is 25.2. The molecular formula is C26H28ClN5O4. The van der Waals surface area contributed by atoms with Crippen molar-refractivity contribution in [3.05, 3.63) is 71.8 Å². The summed E-state index contributed by atoms with van der Waals surface area (Å²) < 4.78 is 7.51. The van der Waals surface area contributed by atoms with E-state index in [4.69, 9.17) is 16.3 Å². The minimum atomic E-state index is -0.388. The monoisotopic (exact) mass is 509 g/mol. The lowest BCUT2D eigenvalue weighted by molar-refractivity contribution is -0.126. The zero-order chi connectivity index (χ0) is 25.5. The van der Waals surface area contributed by atoms with Gasteiger partial charge in [-0.05, 0) is 55.3 Å². The van der Waals surface area contributed by atoms with Gasteiger partial charge in [0, 0.05) is 54.8 Å². The Morgan fingerprint density at radius 1 is 1.19 bits per heavy atom. The molecule has 0 spiro atoms. The Labute approximate surface area is 214 Å². The molecule has 1 fully saturated rings. The van der Waals surface area contributed by atoms with Gasteiger partial charge >= 0.3 is 0 Å². The van der Waals surface area contributed by atoms with Gasteiger partial charge in [-0.25, -0.2) is 4.98 Å². The number of hydrogen-bond donors (Lipinski definition) is 2. The highest BCUT2D eigenvalue weighted by Gasteiger charge is 2.34. The van der Waals surface area contributed by atoms with E-state index in [2.05, 4.69) is 15.6 Å². The predicted molar refractivity (Wildman–Crippen MR) is 137 cm³/mol. The Hall–Kier alpha value is -3.85. The summed E-state index contributed by atoms with van der Waals surface area (Å²) in [4.78, 5) is 42.8. The maximum atomic E-state index is 12.5. The van der Waals surface area contributed by atoms with Gasteiger partial charge in [-0.2, -0.15) is 0 Å². The molecule has 0 bridgehead atoms. The van der Waals surface area contributed by atoms with Gasteiger partial charge in [0.2, 0.25) is 11.8 Å². The van der Waals surface area contributed by atoms with E-state index in [1.165, 1.54) is 0 Å². The first-order chi connectivity index (χ1) is 17.4. The minimum absolute atomic E-state index is 0.0987. The predicted octanol–water partition coefficient (Wildman–Crippen LogP) is 3.42. The van der Waals surface area contributed by atoms with E-state index in [0.717, 1.165) is 18.5 Å². The van der Waals surface area contributed by atoms with Crippen molar-refractivity contribution in [3.63, 3.8) is 0 Å². The summed E-state index contributed by atoms with van der Waals surface area (Å²) in [5.74, 6) is -0.418. The van der Waals surface area contributed by atoms with E-state index < -0.39 is 0 Å². The zero-order valence-electron chi connectivity index (χ0n) is 19.9. The molecule has 1 atom stereocenters. The van der Waals surface area contributed by atoms with Crippen molar-refractivity contribution < 1.29 is 19.1 Å². The molecule has 9 nitrogen and oxygen atoms in total. The molecule has 1 aliphatic heterocycles. The van der Waals surface area contributed by atoms with Crippen LogP contribution < -0.4 is 20.3 Å². The highest BCUT2D eigenvalue weighted by Crippen LogP contribution is 2.27. The van der Waals surface area contributed by atoms with Crippen molar-refractivity contribution in [2.75, 3.05) is 29.9 Å². The molecule has 0 saturated carbocycles. The van der Waals surface area contributed by atoms with E-state index >= 15 is 0 Å². The van der Waals surface area contributed by atoms with Crippen molar-refractivity contribution in [2.24, 2.45) is 5.92 Å². The number of ether oxygens (including phenoxy) is 1. The highest BCUT2D eigenvalue weighted by atomic mass is 35.5. The van der Waals surface area contributed by atoms with Crippen LogP contribution >= 0.6 is 11.6 Å². The summed E-state index contributed by atoms with van der Waals surface area (Å²) in [5.41, 5.74) is 2.21. The Morgan fingerprint density at radius 2 is 2.00 bits per heavy atom. The molecule has 3 aromatic rings. The van der Waals surface area contributed by atoms with Crippen LogP contribution in [-0.4, -0.2) is 47.0 Å². The lowest BCUT2D eigenvalue weighted by Crippen LogP contribution is -2.33. The molecule has 4 rings (SSSR count). The van der Waals surface area contributed by atoms with Gasteiger partial charge in [0.25, 0.3) is 5.91 Å². The number of amides is 3. The number of nitrogens with zero attached hydrogens (tertiary/aromatic N) is 3. The molecule has 0 radical (unpaired) electrons. The van der Waals surface area contributed by atoms with Crippen LogP contribution in [0.3, 0.4) is 0 Å². The van der Waals surface area contributed by atoms with Crippen LogP contribution in [0.25, 0.3) is 0 Å². The zero-order valence-corrected chi connectivity index (χ0v) is 20.7. The number of anilines is 2. The quantitative estimate of drug-likeness (QED) is 0.407. The van der Waals surface area contributed by atoms with Crippen LogP contribution in [0.5, 0.6) is 5.75 Å².